The number of nitrogens with zero attached hydrogens (tertiary/aromatic N) is 3. The second-order valence-corrected chi connectivity index (χ2v) is 11.2. The van der Waals surface area contributed by atoms with E-state index in [0.717, 1.165) is 18.5 Å². The second kappa shape index (κ2) is 10.6. The van der Waals surface area contributed by atoms with Crippen molar-refractivity contribution >= 4 is 29.2 Å². The largest absolute Gasteiger partial charge is 0.469 e. The number of halogens is 2. The summed E-state index contributed by atoms with van der Waals surface area (Å²) in [7, 11) is 2.03. The highest BCUT2D eigenvalue weighted by molar-refractivity contribution is 6.38. The third-order valence-electron chi connectivity index (χ3n) is 6.32. The Balaban J connectivity index is 1.61. The Kier molecular flexibility index (Phi) is 7.81. The van der Waals surface area contributed by atoms with Crippen LogP contribution in [0.25, 0.3) is 11.3 Å². The van der Waals surface area contributed by atoms with Crippen LogP contribution in [0.15, 0.2) is 36.7 Å². The Morgan fingerprint density at radius 1 is 1.22 bits per heavy atom. The molecule has 0 spiro atoms. The van der Waals surface area contributed by atoms with Gasteiger partial charge in [-0.1, -0.05) is 23.2 Å². The molecule has 2 N–H and O–H groups in total. The first-order valence-electron chi connectivity index (χ1n) is 12.1. The first kappa shape index (κ1) is 27.3. The molecule has 2 heterocycles. The number of likely N-dealkylation sites (N-methyl/N-ethyl adjacent to an activating group) is 1. The molecule has 0 radical (unpaired) electrons. The monoisotopic (exact) mass is 542 g/mol. The Morgan fingerprint density at radius 3 is 2.65 bits per heavy atom. The van der Waals surface area contributed by atoms with E-state index in [1.807, 2.05) is 7.05 Å². The zero-order valence-electron chi connectivity index (χ0n) is 21.9. The van der Waals surface area contributed by atoms with Crippen molar-refractivity contribution in [1.82, 2.24) is 14.9 Å². The van der Waals surface area contributed by atoms with Gasteiger partial charge in [0.1, 0.15) is 11.7 Å². The van der Waals surface area contributed by atoms with E-state index in [4.69, 9.17) is 43.4 Å². The first-order valence-corrected chi connectivity index (χ1v) is 12.9. The highest BCUT2D eigenvalue weighted by atomic mass is 35.5. The van der Waals surface area contributed by atoms with Gasteiger partial charge in [0.05, 0.1) is 34.8 Å². The second-order valence-electron chi connectivity index (χ2n) is 10.4. The van der Waals surface area contributed by atoms with Crippen molar-refractivity contribution in [3.63, 3.8) is 0 Å². The van der Waals surface area contributed by atoms with E-state index < -0.39 is 17.7 Å². The van der Waals surface area contributed by atoms with Crippen molar-refractivity contribution in [2.75, 3.05) is 7.05 Å². The number of hydrogen-bond acceptors (Lipinski definition) is 7. The minimum Gasteiger partial charge on any atom is -0.469 e. The fourth-order valence-corrected chi connectivity index (χ4v) is 5.19. The number of benzene rings is 2. The number of esters is 1. The van der Waals surface area contributed by atoms with Crippen LogP contribution in [0.1, 0.15) is 66.4 Å². The zero-order valence-corrected chi connectivity index (χ0v) is 23.4. The van der Waals surface area contributed by atoms with Gasteiger partial charge in [0.15, 0.2) is 0 Å². The van der Waals surface area contributed by atoms with Gasteiger partial charge >= 0.3 is 5.97 Å². The lowest BCUT2D eigenvalue weighted by molar-refractivity contribution is 0.00695. The summed E-state index contributed by atoms with van der Waals surface area (Å²) in [4.78, 5) is 23.9. The molecule has 2 unspecified atom stereocenters. The SMILES string of the molecule is Cc1cc(-c2cncc(OC(C)c3c(Cl)ccc(C(=O)OC(C)(C)C)c3Cl)n2)cc2c1CC(N)N(C)C2. The van der Waals surface area contributed by atoms with Crippen LogP contribution >= 0.6 is 23.2 Å². The fraction of sp³-hybridized carbons (Fsp3) is 0.393. The first-order chi connectivity index (χ1) is 17.3. The summed E-state index contributed by atoms with van der Waals surface area (Å²) in [5.41, 5.74) is 11.6. The number of fused-ring (bicyclic) bond motifs is 1. The molecule has 196 valence electrons. The Bertz CT molecular complexity index is 1340. The van der Waals surface area contributed by atoms with Gasteiger partial charge in [0.25, 0.3) is 0 Å². The van der Waals surface area contributed by atoms with E-state index in [1.165, 1.54) is 22.9 Å². The summed E-state index contributed by atoms with van der Waals surface area (Å²) in [6.45, 7) is 10.1. The van der Waals surface area contributed by atoms with Crippen LogP contribution in [0, 0.1) is 6.92 Å². The molecule has 0 fully saturated rings. The average molecular weight is 543 g/mol. The predicted molar refractivity (Wildman–Crippen MR) is 146 cm³/mol. The van der Waals surface area contributed by atoms with Gasteiger partial charge in [-0.3, -0.25) is 9.88 Å². The molecule has 0 saturated heterocycles. The maximum absolute atomic E-state index is 12.7. The Hall–Kier alpha value is -2.71. The van der Waals surface area contributed by atoms with E-state index in [9.17, 15) is 4.79 Å². The molecule has 0 amide bonds. The van der Waals surface area contributed by atoms with Crippen LogP contribution in [0.5, 0.6) is 5.88 Å². The molecule has 1 aliphatic rings. The maximum Gasteiger partial charge on any atom is 0.340 e. The van der Waals surface area contributed by atoms with Gasteiger partial charge < -0.3 is 15.2 Å². The minimum absolute atomic E-state index is 0.0162. The van der Waals surface area contributed by atoms with Crippen LogP contribution in [0.3, 0.4) is 0 Å². The number of aryl methyl sites for hydroxylation is 1. The highest BCUT2D eigenvalue weighted by Crippen LogP contribution is 2.36. The van der Waals surface area contributed by atoms with E-state index in [-0.39, 0.29) is 16.8 Å². The summed E-state index contributed by atoms with van der Waals surface area (Å²) in [6.07, 6.45) is 3.47. The predicted octanol–water partition coefficient (Wildman–Crippen LogP) is 6.13. The Morgan fingerprint density at radius 2 is 1.95 bits per heavy atom. The van der Waals surface area contributed by atoms with E-state index in [0.29, 0.717) is 22.2 Å². The van der Waals surface area contributed by atoms with Gasteiger partial charge in [-0.05, 0) is 82.6 Å². The molecular formula is C28H32Cl2N4O3. The molecule has 9 heteroatoms. The van der Waals surface area contributed by atoms with Crippen molar-refractivity contribution in [3.8, 4) is 17.1 Å². The molecule has 7 nitrogen and oxygen atoms in total. The topological polar surface area (TPSA) is 90.6 Å². The number of hydrogen-bond donors (Lipinski definition) is 1. The summed E-state index contributed by atoms with van der Waals surface area (Å²) in [5, 5.41) is 0.563. The molecule has 1 aromatic heterocycles. The average Bonchev–Trinajstić information content (AvgIpc) is 2.79. The normalized spacial score (nSPS) is 16.7. The smallest absolute Gasteiger partial charge is 0.340 e. The summed E-state index contributed by atoms with van der Waals surface area (Å²) >= 11 is 13.1. The Labute approximate surface area is 227 Å². The number of aromatic nitrogens is 2. The van der Waals surface area contributed by atoms with Crippen molar-refractivity contribution in [2.45, 2.75) is 65.5 Å². The van der Waals surface area contributed by atoms with E-state index >= 15 is 0 Å². The third-order valence-corrected chi connectivity index (χ3v) is 7.06. The molecule has 1 aliphatic heterocycles. The van der Waals surface area contributed by atoms with Crippen LogP contribution in [-0.2, 0) is 17.7 Å². The standard InChI is InChI=1S/C28H32Cl2N4O3/c1-15-9-17(10-18-14-34(6)23(31)11-20(15)18)22-12-32-13-24(33-22)36-16(2)25-21(29)8-7-19(26(25)30)27(35)37-28(3,4)5/h7-10,12-13,16,23H,11,14,31H2,1-6H3. The maximum atomic E-state index is 12.7. The molecule has 37 heavy (non-hydrogen) atoms. The summed E-state index contributed by atoms with van der Waals surface area (Å²) in [5.74, 6) is -0.215. The van der Waals surface area contributed by atoms with Crippen LogP contribution in [0.4, 0.5) is 0 Å². The third kappa shape index (κ3) is 6.07. The van der Waals surface area contributed by atoms with Crippen molar-refractivity contribution in [2.24, 2.45) is 5.73 Å². The molecule has 0 saturated carbocycles. The van der Waals surface area contributed by atoms with Gasteiger partial charge in [-0.15, -0.1) is 0 Å². The molecule has 0 aliphatic carbocycles. The van der Waals surface area contributed by atoms with Crippen molar-refractivity contribution in [3.05, 3.63) is 74.5 Å². The molecule has 3 aromatic rings. The molecule has 2 atom stereocenters. The fourth-order valence-electron chi connectivity index (χ4n) is 4.44. The highest BCUT2D eigenvalue weighted by Gasteiger charge is 2.26. The minimum atomic E-state index is -0.658. The van der Waals surface area contributed by atoms with Crippen LogP contribution in [-0.4, -0.2) is 39.7 Å². The summed E-state index contributed by atoms with van der Waals surface area (Å²) in [6, 6.07) is 7.41. The number of carbonyl (C=O) groups excluding carboxylic acids is 1. The lowest BCUT2D eigenvalue weighted by Gasteiger charge is -2.32. The lowest BCUT2D eigenvalue weighted by Crippen LogP contribution is -2.44. The van der Waals surface area contributed by atoms with Crippen molar-refractivity contribution in [1.29, 1.82) is 0 Å². The van der Waals surface area contributed by atoms with E-state index in [1.54, 1.807) is 46.0 Å². The quantitative estimate of drug-likeness (QED) is 0.388. The van der Waals surface area contributed by atoms with Crippen molar-refractivity contribution < 1.29 is 14.3 Å². The van der Waals surface area contributed by atoms with Gasteiger partial charge in [-0.2, -0.15) is 0 Å². The summed E-state index contributed by atoms with van der Waals surface area (Å²) < 4.78 is 11.6. The molecular weight excluding hydrogens is 511 g/mol. The van der Waals surface area contributed by atoms with Crippen LogP contribution < -0.4 is 10.5 Å². The van der Waals surface area contributed by atoms with Crippen LogP contribution in [0.2, 0.25) is 10.0 Å². The zero-order chi connectivity index (χ0) is 27.1. The van der Waals surface area contributed by atoms with Gasteiger partial charge in [0, 0.05) is 29.1 Å². The number of ether oxygens (including phenoxy) is 2. The number of nitrogens with two attached hydrogens (primary N) is 1. The van der Waals surface area contributed by atoms with E-state index in [2.05, 4.69) is 28.9 Å². The molecule has 4 rings (SSSR count). The number of carbonyl (C=O) groups is 1. The van der Waals surface area contributed by atoms with Gasteiger partial charge in [-0.25, -0.2) is 9.78 Å². The number of rotatable bonds is 5. The molecule has 2 aromatic carbocycles. The molecule has 0 bridgehead atoms. The van der Waals surface area contributed by atoms with Gasteiger partial charge in [0.2, 0.25) is 5.88 Å². The lowest BCUT2D eigenvalue weighted by atomic mass is 9.91.